The SMILES string of the molecule is [C-]#[N+]c1ccc(CC(=O)CC(=O)Cc2ccc(C)cc2)cc1. The first-order valence-corrected chi connectivity index (χ1v) is 7.12. The molecule has 22 heavy (non-hydrogen) atoms. The summed E-state index contributed by atoms with van der Waals surface area (Å²) in [5, 5.41) is 0. The molecule has 0 unspecified atom stereocenters. The molecule has 2 aromatic rings. The largest absolute Gasteiger partial charge is 0.299 e. The molecule has 0 spiro atoms. The quantitative estimate of drug-likeness (QED) is 0.599. The second kappa shape index (κ2) is 7.33. The number of hydrogen-bond donors (Lipinski definition) is 0. The minimum Gasteiger partial charge on any atom is -0.299 e. The fourth-order valence-corrected chi connectivity index (χ4v) is 2.19. The van der Waals surface area contributed by atoms with Gasteiger partial charge in [0.05, 0.1) is 13.0 Å². The number of carbonyl (C=O) groups excluding carboxylic acids is 2. The van der Waals surface area contributed by atoms with Crippen molar-refractivity contribution < 1.29 is 9.59 Å². The Morgan fingerprint density at radius 3 is 1.77 bits per heavy atom. The minimum absolute atomic E-state index is 0.0432. The molecule has 0 saturated heterocycles. The van der Waals surface area contributed by atoms with Crippen LogP contribution in [0.1, 0.15) is 23.1 Å². The Bertz CT molecular complexity index is 707. The summed E-state index contributed by atoms with van der Waals surface area (Å²) in [5.74, 6) is -0.153. The predicted molar refractivity (Wildman–Crippen MR) is 85.9 cm³/mol. The van der Waals surface area contributed by atoms with E-state index in [9.17, 15) is 9.59 Å². The average Bonchev–Trinajstić information content (AvgIpc) is 2.50. The number of Topliss-reactive ketones (excluding diaryl/α,β-unsaturated/α-hetero) is 2. The van der Waals surface area contributed by atoms with Crippen LogP contribution < -0.4 is 0 Å². The first-order chi connectivity index (χ1) is 10.6. The third kappa shape index (κ3) is 4.68. The van der Waals surface area contributed by atoms with Crippen molar-refractivity contribution in [2.75, 3.05) is 0 Å². The monoisotopic (exact) mass is 291 g/mol. The molecule has 0 atom stereocenters. The van der Waals surface area contributed by atoms with Crippen LogP contribution in [-0.2, 0) is 22.4 Å². The van der Waals surface area contributed by atoms with Crippen LogP contribution in [0.5, 0.6) is 0 Å². The second-order valence-corrected chi connectivity index (χ2v) is 5.37. The van der Waals surface area contributed by atoms with Crippen molar-refractivity contribution >= 4 is 17.3 Å². The van der Waals surface area contributed by atoms with Gasteiger partial charge in [0.2, 0.25) is 0 Å². The molecule has 0 aromatic heterocycles. The van der Waals surface area contributed by atoms with Gasteiger partial charge in [0.25, 0.3) is 0 Å². The molecule has 0 aliphatic heterocycles. The second-order valence-electron chi connectivity index (χ2n) is 5.37. The van der Waals surface area contributed by atoms with E-state index in [2.05, 4.69) is 4.85 Å². The molecule has 2 aromatic carbocycles. The number of aryl methyl sites for hydroxylation is 1. The van der Waals surface area contributed by atoms with Gasteiger partial charge in [0.15, 0.2) is 5.69 Å². The van der Waals surface area contributed by atoms with Crippen molar-refractivity contribution in [1.82, 2.24) is 0 Å². The normalized spacial score (nSPS) is 10.0. The Morgan fingerprint density at radius 2 is 1.32 bits per heavy atom. The lowest BCUT2D eigenvalue weighted by Gasteiger charge is -2.03. The van der Waals surface area contributed by atoms with Crippen molar-refractivity contribution in [2.45, 2.75) is 26.2 Å². The summed E-state index contributed by atoms with van der Waals surface area (Å²) in [5.41, 5.74) is 3.46. The third-order valence-electron chi connectivity index (χ3n) is 3.38. The Morgan fingerprint density at radius 1 is 0.864 bits per heavy atom. The van der Waals surface area contributed by atoms with Crippen LogP contribution in [0.3, 0.4) is 0 Å². The highest BCUT2D eigenvalue weighted by Crippen LogP contribution is 2.13. The molecule has 0 N–H and O–H groups in total. The lowest BCUT2D eigenvalue weighted by atomic mass is 10.0. The van der Waals surface area contributed by atoms with E-state index in [-0.39, 0.29) is 24.4 Å². The van der Waals surface area contributed by atoms with Gasteiger partial charge >= 0.3 is 0 Å². The number of hydrogen-bond acceptors (Lipinski definition) is 2. The van der Waals surface area contributed by atoms with Gasteiger partial charge in [-0.15, -0.1) is 0 Å². The van der Waals surface area contributed by atoms with Gasteiger partial charge in [0.1, 0.15) is 11.6 Å². The molecule has 2 rings (SSSR count). The smallest absolute Gasteiger partial charge is 0.187 e. The first-order valence-electron chi connectivity index (χ1n) is 7.12. The van der Waals surface area contributed by atoms with E-state index in [1.807, 2.05) is 31.2 Å². The van der Waals surface area contributed by atoms with Gasteiger partial charge < -0.3 is 0 Å². The van der Waals surface area contributed by atoms with Crippen LogP contribution >= 0.6 is 0 Å². The van der Waals surface area contributed by atoms with Gasteiger partial charge in [-0.25, -0.2) is 4.85 Å². The zero-order chi connectivity index (χ0) is 15.9. The van der Waals surface area contributed by atoms with Gasteiger partial charge in [-0.3, -0.25) is 9.59 Å². The zero-order valence-corrected chi connectivity index (χ0v) is 12.5. The van der Waals surface area contributed by atoms with Crippen LogP contribution in [0.15, 0.2) is 48.5 Å². The van der Waals surface area contributed by atoms with Gasteiger partial charge in [-0.05, 0) is 18.1 Å². The third-order valence-corrected chi connectivity index (χ3v) is 3.38. The van der Waals surface area contributed by atoms with E-state index in [1.54, 1.807) is 24.3 Å². The number of carbonyl (C=O) groups is 2. The summed E-state index contributed by atoms with van der Waals surface area (Å²) in [6, 6.07) is 14.6. The van der Waals surface area contributed by atoms with Crippen molar-refractivity contribution in [3.63, 3.8) is 0 Å². The minimum atomic E-state index is -0.0901. The number of benzene rings is 2. The molecule has 0 saturated carbocycles. The van der Waals surface area contributed by atoms with Crippen molar-refractivity contribution in [3.8, 4) is 0 Å². The van der Waals surface area contributed by atoms with E-state index < -0.39 is 0 Å². The zero-order valence-electron chi connectivity index (χ0n) is 12.5. The maximum absolute atomic E-state index is 11.9. The van der Waals surface area contributed by atoms with Crippen molar-refractivity contribution in [2.24, 2.45) is 0 Å². The Labute approximate surface area is 130 Å². The molecular weight excluding hydrogens is 274 g/mol. The Balaban J connectivity index is 1.86. The molecule has 0 fully saturated rings. The Hall–Kier alpha value is -2.73. The molecule has 3 heteroatoms. The summed E-state index contributed by atoms with van der Waals surface area (Å²) in [4.78, 5) is 27.2. The lowest BCUT2D eigenvalue weighted by molar-refractivity contribution is -0.126. The summed E-state index contributed by atoms with van der Waals surface area (Å²) < 4.78 is 0. The van der Waals surface area contributed by atoms with E-state index >= 15 is 0 Å². The van der Waals surface area contributed by atoms with Crippen molar-refractivity contribution in [3.05, 3.63) is 76.6 Å². The van der Waals surface area contributed by atoms with Crippen LogP contribution in [-0.4, -0.2) is 11.6 Å². The van der Waals surface area contributed by atoms with Crippen molar-refractivity contribution in [1.29, 1.82) is 0 Å². The topological polar surface area (TPSA) is 38.5 Å². The standard InChI is InChI=1S/C19H17NO2/c1-14-3-5-15(6-4-14)11-18(21)13-19(22)12-16-7-9-17(20-2)10-8-16/h3-10H,11-13H2,1H3. The molecular formula is C19H17NO2. The van der Waals surface area contributed by atoms with Crippen LogP contribution in [0.2, 0.25) is 0 Å². The maximum atomic E-state index is 11.9. The van der Waals surface area contributed by atoms with E-state index in [0.29, 0.717) is 12.1 Å². The summed E-state index contributed by atoms with van der Waals surface area (Å²) >= 11 is 0. The van der Waals surface area contributed by atoms with Gasteiger partial charge in [0, 0.05) is 12.8 Å². The first kappa shape index (κ1) is 15.7. The molecule has 0 radical (unpaired) electrons. The summed E-state index contributed by atoms with van der Waals surface area (Å²) in [6.45, 7) is 8.88. The fraction of sp³-hybridized carbons (Fsp3) is 0.211. The molecule has 0 amide bonds. The number of nitrogens with zero attached hydrogens (tertiary/aromatic N) is 1. The van der Waals surface area contributed by atoms with E-state index in [1.165, 1.54) is 0 Å². The Kier molecular flexibility index (Phi) is 5.21. The fourth-order valence-electron chi connectivity index (χ4n) is 2.19. The number of rotatable bonds is 6. The molecule has 0 aliphatic rings. The van der Waals surface area contributed by atoms with E-state index in [0.717, 1.165) is 16.7 Å². The number of ketones is 2. The molecule has 3 nitrogen and oxygen atoms in total. The maximum Gasteiger partial charge on any atom is 0.187 e. The van der Waals surface area contributed by atoms with Crippen LogP contribution in [0.4, 0.5) is 5.69 Å². The average molecular weight is 291 g/mol. The highest BCUT2D eigenvalue weighted by molar-refractivity contribution is 6.00. The molecule has 0 aliphatic carbocycles. The summed E-state index contributed by atoms with van der Waals surface area (Å²) in [6.07, 6.45) is 0.485. The van der Waals surface area contributed by atoms with Crippen LogP contribution in [0.25, 0.3) is 4.85 Å². The highest BCUT2D eigenvalue weighted by Gasteiger charge is 2.11. The lowest BCUT2D eigenvalue weighted by Crippen LogP contribution is -2.12. The van der Waals surface area contributed by atoms with Crippen LogP contribution in [0, 0.1) is 13.5 Å². The predicted octanol–water partition coefficient (Wildman–Crippen LogP) is 3.86. The molecule has 110 valence electrons. The molecule has 0 bridgehead atoms. The molecule has 0 heterocycles. The summed E-state index contributed by atoms with van der Waals surface area (Å²) in [7, 11) is 0. The highest BCUT2D eigenvalue weighted by atomic mass is 16.1. The van der Waals surface area contributed by atoms with Gasteiger partial charge in [-0.1, -0.05) is 54.1 Å². The van der Waals surface area contributed by atoms with Gasteiger partial charge in [-0.2, -0.15) is 0 Å². The van der Waals surface area contributed by atoms with E-state index in [4.69, 9.17) is 6.57 Å².